The van der Waals surface area contributed by atoms with Crippen LogP contribution in [0.4, 0.5) is 5.82 Å². The second-order valence-electron chi connectivity index (χ2n) is 4.70. The van der Waals surface area contributed by atoms with E-state index in [4.69, 9.17) is 10.5 Å². The van der Waals surface area contributed by atoms with Gasteiger partial charge >= 0.3 is 5.97 Å². The molecule has 0 bridgehead atoms. The predicted molar refractivity (Wildman–Crippen MR) is 66.7 cm³/mol. The van der Waals surface area contributed by atoms with Gasteiger partial charge < -0.3 is 20.9 Å². The van der Waals surface area contributed by atoms with Crippen LogP contribution < -0.4 is 11.1 Å². The number of carbonyl (C=O) groups is 2. The van der Waals surface area contributed by atoms with Crippen LogP contribution in [-0.4, -0.2) is 41.2 Å². The van der Waals surface area contributed by atoms with E-state index < -0.39 is 23.3 Å². The second-order valence-corrected chi connectivity index (χ2v) is 4.70. The van der Waals surface area contributed by atoms with Crippen LogP contribution in [0.5, 0.6) is 0 Å². The minimum Gasteiger partial charge on any atom is -0.481 e. The highest BCUT2D eigenvalue weighted by atomic mass is 16.5. The Kier molecular flexibility index (Phi) is 3.39. The van der Waals surface area contributed by atoms with Gasteiger partial charge in [-0.15, -0.1) is 0 Å². The molecule has 2 unspecified atom stereocenters. The number of amides is 1. The second kappa shape index (κ2) is 4.85. The number of primary amides is 1. The Morgan fingerprint density at radius 3 is 3.00 bits per heavy atom. The number of anilines is 1. The monoisotopic (exact) mass is 265 g/mol. The number of nitrogens with zero attached hydrogens (tertiary/aromatic N) is 1. The predicted octanol–water partition coefficient (Wildman–Crippen LogP) is 0.0821. The molecule has 0 saturated carbocycles. The molecule has 1 aliphatic heterocycles. The summed E-state index contributed by atoms with van der Waals surface area (Å²) >= 11 is 0. The summed E-state index contributed by atoms with van der Waals surface area (Å²) in [6.07, 6.45) is 1.50. The molecule has 7 nitrogen and oxygen atoms in total. The third-order valence-corrected chi connectivity index (χ3v) is 3.33. The SMILES string of the molecule is CC1(C(=O)O)COCC1Nc1ncccc1C(N)=O. The number of aliphatic carboxylic acids is 1. The van der Waals surface area contributed by atoms with Crippen molar-refractivity contribution in [3.05, 3.63) is 23.9 Å². The lowest BCUT2D eigenvalue weighted by Gasteiger charge is -2.26. The Bertz CT molecular complexity index is 519. The Morgan fingerprint density at radius 2 is 2.37 bits per heavy atom. The van der Waals surface area contributed by atoms with Crippen LogP contribution in [0.1, 0.15) is 17.3 Å². The van der Waals surface area contributed by atoms with Crippen LogP contribution in [-0.2, 0) is 9.53 Å². The molecule has 4 N–H and O–H groups in total. The molecule has 1 amide bonds. The number of hydrogen-bond acceptors (Lipinski definition) is 5. The van der Waals surface area contributed by atoms with Crippen LogP contribution >= 0.6 is 0 Å². The highest BCUT2D eigenvalue weighted by molar-refractivity contribution is 5.97. The number of pyridine rings is 1. The maximum atomic E-state index is 11.3. The van der Waals surface area contributed by atoms with Gasteiger partial charge in [0.15, 0.2) is 0 Å². The van der Waals surface area contributed by atoms with Gasteiger partial charge in [-0.3, -0.25) is 9.59 Å². The average Bonchev–Trinajstić information content (AvgIpc) is 2.73. The van der Waals surface area contributed by atoms with Crippen LogP contribution in [0.25, 0.3) is 0 Å². The summed E-state index contributed by atoms with van der Waals surface area (Å²) in [5.74, 6) is -1.30. The van der Waals surface area contributed by atoms with Crippen LogP contribution in [0.3, 0.4) is 0 Å². The number of carboxylic acids is 1. The first kappa shape index (κ1) is 13.3. The topological polar surface area (TPSA) is 115 Å². The van der Waals surface area contributed by atoms with E-state index in [-0.39, 0.29) is 24.6 Å². The zero-order valence-electron chi connectivity index (χ0n) is 10.4. The zero-order chi connectivity index (χ0) is 14.0. The molecule has 0 aliphatic carbocycles. The van der Waals surface area contributed by atoms with Crippen molar-refractivity contribution < 1.29 is 19.4 Å². The van der Waals surface area contributed by atoms with Crippen LogP contribution in [0.2, 0.25) is 0 Å². The third kappa shape index (κ3) is 2.37. The molecule has 1 fully saturated rings. The van der Waals surface area contributed by atoms with Crippen molar-refractivity contribution in [1.82, 2.24) is 4.98 Å². The zero-order valence-corrected chi connectivity index (χ0v) is 10.4. The molecule has 1 aromatic rings. The average molecular weight is 265 g/mol. The normalized spacial score (nSPS) is 26.1. The number of nitrogens with two attached hydrogens (primary N) is 1. The van der Waals surface area contributed by atoms with Crippen LogP contribution in [0, 0.1) is 5.41 Å². The lowest BCUT2D eigenvalue weighted by atomic mass is 9.85. The van der Waals surface area contributed by atoms with E-state index in [0.717, 1.165) is 0 Å². The van der Waals surface area contributed by atoms with Gasteiger partial charge in [0.2, 0.25) is 0 Å². The fourth-order valence-electron chi connectivity index (χ4n) is 1.97. The molecule has 0 aromatic carbocycles. The minimum absolute atomic E-state index is 0.110. The van der Waals surface area contributed by atoms with Gasteiger partial charge in [0.25, 0.3) is 5.91 Å². The Labute approximate surface area is 109 Å². The summed E-state index contributed by atoms with van der Waals surface area (Å²) in [4.78, 5) is 26.6. The molecule has 2 heterocycles. The van der Waals surface area contributed by atoms with Gasteiger partial charge in [0.1, 0.15) is 11.2 Å². The van der Waals surface area contributed by atoms with Crippen molar-refractivity contribution in [1.29, 1.82) is 0 Å². The standard InChI is InChI=1S/C12H15N3O4/c1-12(11(17)18)6-19-5-8(12)15-10-7(9(13)16)3-2-4-14-10/h2-4,8H,5-6H2,1H3,(H2,13,16)(H,14,15)(H,17,18). The number of hydrogen-bond donors (Lipinski definition) is 3. The Balaban J connectivity index is 2.27. The van der Waals surface area contributed by atoms with Gasteiger partial charge in [-0.1, -0.05) is 0 Å². The number of nitrogens with one attached hydrogen (secondary N) is 1. The van der Waals surface area contributed by atoms with E-state index in [9.17, 15) is 14.7 Å². The van der Waals surface area contributed by atoms with Crippen molar-refractivity contribution in [3.63, 3.8) is 0 Å². The summed E-state index contributed by atoms with van der Waals surface area (Å²) in [5.41, 5.74) is 4.41. The molecule has 1 saturated heterocycles. The molecule has 102 valence electrons. The fraction of sp³-hybridized carbons (Fsp3) is 0.417. The highest BCUT2D eigenvalue weighted by Crippen LogP contribution is 2.31. The first-order valence-electron chi connectivity index (χ1n) is 5.77. The molecule has 0 radical (unpaired) electrons. The van der Waals surface area contributed by atoms with Crippen molar-refractivity contribution >= 4 is 17.7 Å². The van der Waals surface area contributed by atoms with Gasteiger partial charge in [-0.05, 0) is 19.1 Å². The van der Waals surface area contributed by atoms with E-state index in [1.165, 1.54) is 12.3 Å². The number of carbonyl (C=O) groups excluding carboxylic acids is 1. The largest absolute Gasteiger partial charge is 0.481 e. The first-order valence-corrected chi connectivity index (χ1v) is 5.77. The summed E-state index contributed by atoms with van der Waals surface area (Å²) in [5, 5.41) is 12.2. The molecule has 1 aromatic heterocycles. The summed E-state index contributed by atoms with van der Waals surface area (Å²) in [6.45, 7) is 1.93. The highest BCUT2D eigenvalue weighted by Gasteiger charge is 2.47. The van der Waals surface area contributed by atoms with E-state index in [1.807, 2.05) is 0 Å². The molecular formula is C12H15N3O4. The fourth-order valence-corrected chi connectivity index (χ4v) is 1.97. The van der Waals surface area contributed by atoms with E-state index in [2.05, 4.69) is 10.3 Å². The number of ether oxygens (including phenoxy) is 1. The Hall–Kier alpha value is -2.15. The van der Waals surface area contributed by atoms with Crippen LogP contribution in [0.15, 0.2) is 18.3 Å². The quantitative estimate of drug-likeness (QED) is 0.710. The van der Waals surface area contributed by atoms with Gasteiger partial charge in [0.05, 0.1) is 24.8 Å². The summed E-state index contributed by atoms with van der Waals surface area (Å²) < 4.78 is 5.22. The minimum atomic E-state index is -1.06. The number of rotatable bonds is 4. The summed E-state index contributed by atoms with van der Waals surface area (Å²) in [6, 6.07) is 2.65. The third-order valence-electron chi connectivity index (χ3n) is 3.33. The molecule has 2 atom stereocenters. The van der Waals surface area contributed by atoms with E-state index >= 15 is 0 Å². The first-order chi connectivity index (χ1) is 8.95. The maximum Gasteiger partial charge on any atom is 0.313 e. The lowest BCUT2D eigenvalue weighted by molar-refractivity contribution is -0.148. The molecular weight excluding hydrogens is 250 g/mol. The lowest BCUT2D eigenvalue weighted by Crippen LogP contribution is -2.43. The molecule has 19 heavy (non-hydrogen) atoms. The molecule has 1 aliphatic rings. The molecule has 0 spiro atoms. The number of carboxylic acid groups (broad SMARTS) is 1. The smallest absolute Gasteiger partial charge is 0.313 e. The van der Waals surface area contributed by atoms with Crippen molar-refractivity contribution in [2.24, 2.45) is 11.1 Å². The number of aromatic nitrogens is 1. The van der Waals surface area contributed by atoms with E-state index in [1.54, 1.807) is 13.0 Å². The molecule has 2 rings (SSSR count). The van der Waals surface area contributed by atoms with E-state index in [0.29, 0.717) is 0 Å². The van der Waals surface area contributed by atoms with Crippen molar-refractivity contribution in [2.75, 3.05) is 18.5 Å². The van der Waals surface area contributed by atoms with Crippen molar-refractivity contribution in [3.8, 4) is 0 Å². The Morgan fingerprint density at radius 1 is 1.63 bits per heavy atom. The van der Waals surface area contributed by atoms with Gasteiger partial charge in [-0.2, -0.15) is 0 Å². The summed E-state index contributed by atoms with van der Waals surface area (Å²) in [7, 11) is 0. The van der Waals surface area contributed by atoms with Crippen molar-refractivity contribution in [2.45, 2.75) is 13.0 Å². The van der Waals surface area contributed by atoms with Gasteiger partial charge in [-0.25, -0.2) is 4.98 Å². The molecule has 7 heteroatoms. The maximum absolute atomic E-state index is 11.3. The van der Waals surface area contributed by atoms with Gasteiger partial charge in [0, 0.05) is 6.20 Å².